The molecule has 1 saturated carbocycles. The highest BCUT2D eigenvalue weighted by atomic mass is 32.2. The van der Waals surface area contributed by atoms with Crippen LogP contribution in [0.2, 0.25) is 0 Å². The molecule has 1 aliphatic heterocycles. The van der Waals surface area contributed by atoms with Crippen molar-refractivity contribution in [1.82, 2.24) is 9.62 Å². The molecular weight excluding hydrogens is 248 g/mol. The third-order valence-electron chi connectivity index (χ3n) is 4.36. The molecule has 0 aromatic rings. The molecular formula is C13H26N2O2S. The molecule has 2 aliphatic rings. The predicted molar refractivity (Wildman–Crippen MR) is 74.1 cm³/mol. The molecule has 106 valence electrons. The molecule has 4 nitrogen and oxygen atoms in total. The second kappa shape index (κ2) is 6.35. The third-order valence-corrected chi connectivity index (χ3v) is 6.73. The highest BCUT2D eigenvalue weighted by Crippen LogP contribution is 2.26. The van der Waals surface area contributed by atoms with Crippen molar-refractivity contribution < 1.29 is 8.42 Å². The van der Waals surface area contributed by atoms with E-state index < -0.39 is 10.0 Å². The topological polar surface area (TPSA) is 49.4 Å². The highest BCUT2D eigenvalue weighted by Gasteiger charge is 2.32. The van der Waals surface area contributed by atoms with E-state index in [-0.39, 0.29) is 5.25 Å². The molecule has 0 radical (unpaired) electrons. The molecule has 0 spiro atoms. The summed E-state index contributed by atoms with van der Waals surface area (Å²) in [7, 11) is -1.29. The molecule has 1 saturated heterocycles. The zero-order valence-corrected chi connectivity index (χ0v) is 12.2. The number of hydrogen-bond acceptors (Lipinski definition) is 3. The molecule has 1 unspecified atom stereocenters. The van der Waals surface area contributed by atoms with Crippen LogP contribution in [0.3, 0.4) is 0 Å². The lowest BCUT2D eigenvalue weighted by atomic mass is 10.0. The lowest BCUT2D eigenvalue weighted by Crippen LogP contribution is -2.40. The summed E-state index contributed by atoms with van der Waals surface area (Å²) in [6.45, 7) is 1.75. The number of piperidine rings is 1. The van der Waals surface area contributed by atoms with Gasteiger partial charge in [0.2, 0.25) is 10.0 Å². The molecule has 1 aliphatic carbocycles. The van der Waals surface area contributed by atoms with Crippen molar-refractivity contribution in [2.45, 2.75) is 62.7 Å². The van der Waals surface area contributed by atoms with Crippen molar-refractivity contribution >= 4 is 10.0 Å². The minimum Gasteiger partial charge on any atom is -0.314 e. The average Bonchev–Trinajstić information content (AvgIpc) is 2.91. The molecule has 1 N–H and O–H groups in total. The summed E-state index contributed by atoms with van der Waals surface area (Å²) in [4.78, 5) is 0. The molecule has 5 heteroatoms. The lowest BCUT2D eigenvalue weighted by Gasteiger charge is -2.27. The summed E-state index contributed by atoms with van der Waals surface area (Å²) in [5.74, 6) is 0. The largest absolute Gasteiger partial charge is 0.314 e. The van der Waals surface area contributed by atoms with Crippen LogP contribution >= 0.6 is 0 Å². The van der Waals surface area contributed by atoms with E-state index in [1.807, 2.05) is 0 Å². The molecule has 0 bridgehead atoms. The Hall–Kier alpha value is -0.130. The van der Waals surface area contributed by atoms with Gasteiger partial charge in [-0.05, 0) is 38.6 Å². The van der Waals surface area contributed by atoms with Gasteiger partial charge in [0, 0.05) is 19.6 Å². The maximum atomic E-state index is 12.3. The average molecular weight is 274 g/mol. The molecule has 0 aromatic heterocycles. The first-order valence-corrected chi connectivity index (χ1v) is 8.79. The smallest absolute Gasteiger partial charge is 0.216 e. The molecule has 1 atom stereocenters. The van der Waals surface area contributed by atoms with Crippen LogP contribution in [0.4, 0.5) is 0 Å². The Bertz CT molecular complexity index is 344. The summed E-state index contributed by atoms with van der Waals surface area (Å²) in [6.07, 6.45) is 8.52. The minimum atomic E-state index is -3.03. The van der Waals surface area contributed by atoms with Gasteiger partial charge in [0.05, 0.1) is 5.25 Å². The fourth-order valence-electron chi connectivity index (χ4n) is 3.08. The van der Waals surface area contributed by atoms with Crippen LogP contribution in [0.15, 0.2) is 0 Å². The van der Waals surface area contributed by atoms with Crippen molar-refractivity contribution in [2.24, 2.45) is 0 Å². The van der Waals surface area contributed by atoms with Crippen molar-refractivity contribution in [3.05, 3.63) is 0 Å². The Morgan fingerprint density at radius 1 is 1.11 bits per heavy atom. The first kappa shape index (κ1) is 14.3. The van der Waals surface area contributed by atoms with Gasteiger partial charge < -0.3 is 5.32 Å². The Kier molecular flexibility index (Phi) is 5.04. The Balaban J connectivity index is 1.80. The molecule has 2 fully saturated rings. The van der Waals surface area contributed by atoms with Crippen molar-refractivity contribution in [3.63, 3.8) is 0 Å². The minimum absolute atomic E-state index is 0.109. The maximum absolute atomic E-state index is 12.3. The maximum Gasteiger partial charge on any atom is 0.216 e. The van der Waals surface area contributed by atoms with Crippen LogP contribution in [-0.4, -0.2) is 44.2 Å². The number of hydrogen-bond donors (Lipinski definition) is 1. The number of sulfonamides is 1. The van der Waals surface area contributed by atoms with E-state index in [1.54, 1.807) is 11.4 Å². The fourth-order valence-corrected chi connectivity index (χ4v) is 4.87. The van der Waals surface area contributed by atoms with Gasteiger partial charge in [0.1, 0.15) is 0 Å². The Labute approximate surface area is 111 Å². The molecule has 0 amide bonds. The predicted octanol–water partition coefficient (Wildman–Crippen LogP) is 1.72. The normalized spacial score (nSPS) is 26.9. The standard InChI is InChI=1S/C13H26N2O2S/c1-15(11-9-12-6-4-5-10-14-12)18(16,17)13-7-2-3-8-13/h12-14H,2-11H2,1H3. The van der Waals surface area contributed by atoms with Crippen LogP contribution in [0.5, 0.6) is 0 Å². The zero-order chi connectivity index (χ0) is 13.0. The zero-order valence-electron chi connectivity index (χ0n) is 11.4. The number of nitrogens with one attached hydrogen (secondary N) is 1. The summed E-state index contributed by atoms with van der Waals surface area (Å²) in [5.41, 5.74) is 0. The van der Waals surface area contributed by atoms with Gasteiger partial charge in [-0.3, -0.25) is 0 Å². The van der Waals surface area contributed by atoms with Gasteiger partial charge in [-0.15, -0.1) is 0 Å². The van der Waals surface area contributed by atoms with Crippen LogP contribution in [-0.2, 0) is 10.0 Å². The summed E-state index contributed by atoms with van der Waals surface area (Å²) < 4.78 is 26.2. The quantitative estimate of drug-likeness (QED) is 0.830. The van der Waals surface area contributed by atoms with Crippen LogP contribution in [0.25, 0.3) is 0 Å². The van der Waals surface area contributed by atoms with E-state index in [0.717, 1.165) is 38.6 Å². The second-order valence-corrected chi connectivity index (χ2v) is 8.03. The van der Waals surface area contributed by atoms with E-state index >= 15 is 0 Å². The van der Waals surface area contributed by atoms with Gasteiger partial charge in [-0.1, -0.05) is 19.3 Å². The van der Waals surface area contributed by atoms with Crippen molar-refractivity contribution in [2.75, 3.05) is 20.1 Å². The summed E-state index contributed by atoms with van der Waals surface area (Å²) in [6, 6.07) is 0.514. The van der Waals surface area contributed by atoms with Crippen LogP contribution in [0, 0.1) is 0 Å². The summed E-state index contributed by atoms with van der Waals surface area (Å²) in [5, 5.41) is 3.36. The van der Waals surface area contributed by atoms with Crippen LogP contribution < -0.4 is 5.32 Å². The highest BCUT2D eigenvalue weighted by molar-refractivity contribution is 7.89. The first-order chi connectivity index (χ1) is 8.60. The molecule has 2 rings (SSSR count). The second-order valence-electron chi connectivity index (χ2n) is 5.71. The SMILES string of the molecule is CN(CCC1CCCCN1)S(=O)(=O)C1CCCC1. The fraction of sp³-hybridized carbons (Fsp3) is 1.00. The van der Waals surface area contributed by atoms with Gasteiger partial charge in [0.15, 0.2) is 0 Å². The van der Waals surface area contributed by atoms with Gasteiger partial charge in [0.25, 0.3) is 0 Å². The number of nitrogens with zero attached hydrogens (tertiary/aromatic N) is 1. The molecule has 0 aromatic carbocycles. The van der Waals surface area contributed by atoms with E-state index in [1.165, 1.54) is 19.3 Å². The molecule has 18 heavy (non-hydrogen) atoms. The Morgan fingerprint density at radius 3 is 2.39 bits per heavy atom. The van der Waals surface area contributed by atoms with E-state index in [4.69, 9.17) is 0 Å². The van der Waals surface area contributed by atoms with Gasteiger partial charge in [-0.25, -0.2) is 12.7 Å². The van der Waals surface area contributed by atoms with E-state index in [2.05, 4.69) is 5.32 Å². The monoisotopic (exact) mass is 274 g/mol. The van der Waals surface area contributed by atoms with Crippen molar-refractivity contribution in [3.8, 4) is 0 Å². The molecule has 1 heterocycles. The third kappa shape index (κ3) is 3.45. The Morgan fingerprint density at radius 2 is 1.78 bits per heavy atom. The number of rotatable bonds is 5. The van der Waals surface area contributed by atoms with Gasteiger partial charge >= 0.3 is 0 Å². The summed E-state index contributed by atoms with van der Waals surface area (Å²) >= 11 is 0. The van der Waals surface area contributed by atoms with E-state index in [0.29, 0.717) is 12.6 Å². The van der Waals surface area contributed by atoms with E-state index in [9.17, 15) is 8.42 Å². The van der Waals surface area contributed by atoms with Gasteiger partial charge in [-0.2, -0.15) is 0 Å². The lowest BCUT2D eigenvalue weighted by molar-refractivity contribution is 0.350. The van der Waals surface area contributed by atoms with Crippen LogP contribution in [0.1, 0.15) is 51.4 Å². The van der Waals surface area contributed by atoms with Crippen molar-refractivity contribution in [1.29, 1.82) is 0 Å². The first-order valence-electron chi connectivity index (χ1n) is 7.29.